The summed E-state index contributed by atoms with van der Waals surface area (Å²) in [6.07, 6.45) is 2.87. The molecule has 2 aliphatic heterocycles. The van der Waals surface area contributed by atoms with E-state index in [1.54, 1.807) is 0 Å². The van der Waals surface area contributed by atoms with E-state index in [1.807, 2.05) is 48.5 Å². The number of hydrogen-bond acceptors (Lipinski definition) is 5. The summed E-state index contributed by atoms with van der Waals surface area (Å²) in [5, 5.41) is 3.38. The van der Waals surface area contributed by atoms with Crippen molar-refractivity contribution in [2.24, 2.45) is 15.0 Å². The zero-order chi connectivity index (χ0) is 21.5. The van der Waals surface area contributed by atoms with E-state index in [4.69, 9.17) is 0 Å². The van der Waals surface area contributed by atoms with Crippen LogP contribution in [0, 0.1) is 0 Å². The Balaban J connectivity index is 1.17. The molecule has 0 atom stereocenters. The minimum absolute atomic E-state index is 0.658. The zero-order valence-electron chi connectivity index (χ0n) is 17.7. The van der Waals surface area contributed by atoms with Crippen molar-refractivity contribution in [3.05, 3.63) is 90.1 Å². The lowest BCUT2D eigenvalue weighted by Crippen LogP contribution is -2.41. The van der Waals surface area contributed by atoms with E-state index in [-0.39, 0.29) is 0 Å². The van der Waals surface area contributed by atoms with Crippen molar-refractivity contribution in [3.63, 3.8) is 0 Å². The molecule has 0 bridgehead atoms. The average Bonchev–Trinajstić information content (AvgIpc) is 3.28. The minimum Gasteiger partial charge on any atom is -0.387 e. The largest absolute Gasteiger partial charge is 0.387 e. The zero-order valence-corrected chi connectivity index (χ0v) is 17.7. The lowest BCUT2D eigenvalue weighted by Gasteiger charge is -2.23. The smallest absolute Gasteiger partial charge is 0.154 e. The third-order valence-electron chi connectivity index (χ3n) is 5.25. The van der Waals surface area contributed by atoms with Gasteiger partial charge in [-0.05, 0) is 19.3 Å². The molecule has 4 rings (SSSR count). The van der Waals surface area contributed by atoms with E-state index in [0.717, 1.165) is 71.3 Å². The van der Waals surface area contributed by atoms with Crippen LogP contribution >= 0.6 is 0 Å². The van der Waals surface area contributed by atoms with Crippen LogP contribution in [0.25, 0.3) is 5.70 Å². The minimum atomic E-state index is 0.658. The monoisotopic (exact) mass is 412 g/mol. The summed E-state index contributed by atoms with van der Waals surface area (Å²) in [6.45, 7) is 10.3. The van der Waals surface area contributed by atoms with Gasteiger partial charge in [0.05, 0.1) is 18.8 Å². The molecule has 2 aromatic rings. The maximum absolute atomic E-state index is 4.69. The van der Waals surface area contributed by atoms with Crippen molar-refractivity contribution in [1.29, 1.82) is 0 Å². The van der Waals surface area contributed by atoms with Gasteiger partial charge in [0.2, 0.25) is 0 Å². The van der Waals surface area contributed by atoms with Crippen LogP contribution in [0.3, 0.4) is 0 Å². The van der Waals surface area contributed by atoms with Crippen molar-refractivity contribution < 1.29 is 0 Å². The highest BCUT2D eigenvalue weighted by molar-refractivity contribution is 6.11. The van der Waals surface area contributed by atoms with Gasteiger partial charge in [0.1, 0.15) is 5.84 Å². The topological polar surface area (TPSA) is 73.2 Å². The Bertz CT molecular complexity index is 1050. The van der Waals surface area contributed by atoms with Crippen LogP contribution in [-0.4, -0.2) is 37.0 Å². The number of hydrogen-bond donors (Lipinski definition) is 3. The molecule has 0 spiro atoms. The molecule has 0 aliphatic carbocycles. The SMILES string of the molecule is C=C(CCCC1=NC(c2ccccc2)=NC1)NCCN=C1NNC(=C)c2ccccc21. The molecular weight excluding hydrogens is 384 g/mol. The number of nitrogens with zero attached hydrogens (tertiary/aromatic N) is 3. The molecule has 158 valence electrons. The summed E-state index contributed by atoms with van der Waals surface area (Å²) in [7, 11) is 0. The highest BCUT2D eigenvalue weighted by Crippen LogP contribution is 2.18. The molecule has 2 aromatic carbocycles. The van der Waals surface area contributed by atoms with Crippen LogP contribution in [0.1, 0.15) is 36.0 Å². The van der Waals surface area contributed by atoms with E-state index < -0.39 is 0 Å². The predicted octanol–water partition coefficient (Wildman–Crippen LogP) is 3.69. The first kappa shape index (κ1) is 20.6. The molecule has 31 heavy (non-hydrogen) atoms. The fourth-order valence-corrected chi connectivity index (χ4v) is 3.61. The summed E-state index contributed by atoms with van der Waals surface area (Å²) in [5.41, 5.74) is 12.5. The Morgan fingerprint density at radius 3 is 2.65 bits per heavy atom. The van der Waals surface area contributed by atoms with Crippen LogP contribution in [-0.2, 0) is 0 Å². The summed E-state index contributed by atoms with van der Waals surface area (Å²) < 4.78 is 0. The molecule has 2 heterocycles. The fourth-order valence-electron chi connectivity index (χ4n) is 3.61. The van der Waals surface area contributed by atoms with Crippen molar-refractivity contribution in [1.82, 2.24) is 16.2 Å². The van der Waals surface area contributed by atoms with Crippen LogP contribution in [0.4, 0.5) is 0 Å². The van der Waals surface area contributed by atoms with Gasteiger partial charge in [-0.15, -0.1) is 0 Å². The Morgan fingerprint density at radius 1 is 1.03 bits per heavy atom. The Labute approximate surface area is 183 Å². The standard InChI is InChI=1S/C25H28N6/c1-18(9-8-12-21-17-28-24(29-21)20-10-4-3-5-11-20)26-15-16-27-25-23-14-7-6-13-22(23)19(2)30-31-25/h3-7,10-11,13-14,26,30H,1-2,8-9,12,15-17H2,(H,27,31). The van der Waals surface area contributed by atoms with Gasteiger partial charge in [-0.1, -0.05) is 67.8 Å². The highest BCUT2D eigenvalue weighted by Gasteiger charge is 2.16. The van der Waals surface area contributed by atoms with Crippen LogP contribution in [0.15, 0.2) is 88.4 Å². The highest BCUT2D eigenvalue weighted by atomic mass is 15.4. The van der Waals surface area contributed by atoms with Gasteiger partial charge >= 0.3 is 0 Å². The van der Waals surface area contributed by atoms with Gasteiger partial charge in [0.25, 0.3) is 0 Å². The van der Waals surface area contributed by atoms with Gasteiger partial charge in [-0.2, -0.15) is 0 Å². The van der Waals surface area contributed by atoms with Crippen molar-refractivity contribution in [3.8, 4) is 0 Å². The van der Waals surface area contributed by atoms with Crippen molar-refractivity contribution in [2.75, 3.05) is 19.6 Å². The van der Waals surface area contributed by atoms with Gasteiger partial charge in [0.15, 0.2) is 5.84 Å². The number of aliphatic imine (C=N–C) groups is 3. The number of amidine groups is 2. The number of nitrogens with one attached hydrogen (secondary N) is 3. The molecule has 6 nitrogen and oxygen atoms in total. The Hall–Kier alpha value is -3.67. The molecule has 0 aromatic heterocycles. The van der Waals surface area contributed by atoms with Crippen LogP contribution < -0.4 is 16.2 Å². The number of rotatable bonds is 9. The summed E-state index contributed by atoms with van der Waals surface area (Å²) in [6, 6.07) is 18.3. The third kappa shape index (κ3) is 5.28. The number of fused-ring (bicyclic) bond motifs is 1. The first-order valence-corrected chi connectivity index (χ1v) is 10.6. The van der Waals surface area contributed by atoms with Crippen LogP contribution in [0.5, 0.6) is 0 Å². The van der Waals surface area contributed by atoms with E-state index in [0.29, 0.717) is 13.1 Å². The molecule has 0 fully saturated rings. The second-order valence-corrected chi connectivity index (χ2v) is 7.57. The van der Waals surface area contributed by atoms with E-state index in [9.17, 15) is 0 Å². The molecular formula is C25H28N6. The maximum atomic E-state index is 4.69. The van der Waals surface area contributed by atoms with Gasteiger partial charge in [-0.25, -0.2) is 4.99 Å². The van der Waals surface area contributed by atoms with Gasteiger partial charge in [0, 0.05) is 34.6 Å². The molecule has 6 heteroatoms. The Kier molecular flexibility index (Phi) is 6.57. The number of benzene rings is 2. The summed E-state index contributed by atoms with van der Waals surface area (Å²) in [5.74, 6) is 1.69. The molecule has 3 N–H and O–H groups in total. The third-order valence-corrected chi connectivity index (χ3v) is 5.25. The van der Waals surface area contributed by atoms with Gasteiger partial charge < -0.3 is 5.32 Å². The molecule has 0 radical (unpaired) electrons. The quantitative estimate of drug-likeness (QED) is 0.550. The molecule has 0 amide bonds. The fraction of sp³-hybridized carbons (Fsp3) is 0.240. The number of allylic oxidation sites excluding steroid dienone is 1. The molecule has 0 unspecified atom stereocenters. The van der Waals surface area contributed by atoms with E-state index >= 15 is 0 Å². The Morgan fingerprint density at radius 2 is 1.81 bits per heavy atom. The second kappa shape index (κ2) is 9.89. The summed E-state index contributed by atoms with van der Waals surface area (Å²) >= 11 is 0. The predicted molar refractivity (Wildman–Crippen MR) is 129 cm³/mol. The van der Waals surface area contributed by atoms with Crippen LogP contribution in [0.2, 0.25) is 0 Å². The van der Waals surface area contributed by atoms with E-state index in [1.165, 1.54) is 0 Å². The lowest BCUT2D eigenvalue weighted by atomic mass is 10.0. The van der Waals surface area contributed by atoms with E-state index in [2.05, 4.69) is 50.4 Å². The second-order valence-electron chi connectivity index (χ2n) is 7.57. The van der Waals surface area contributed by atoms with Crippen molar-refractivity contribution in [2.45, 2.75) is 19.3 Å². The molecule has 0 saturated heterocycles. The normalized spacial score (nSPS) is 16.1. The number of hydrazine groups is 1. The maximum Gasteiger partial charge on any atom is 0.154 e. The first-order valence-electron chi connectivity index (χ1n) is 10.6. The lowest BCUT2D eigenvalue weighted by molar-refractivity contribution is 0.721. The first-order chi connectivity index (χ1) is 15.2. The average molecular weight is 413 g/mol. The van der Waals surface area contributed by atoms with Crippen molar-refractivity contribution >= 4 is 23.1 Å². The molecule has 2 aliphatic rings. The van der Waals surface area contributed by atoms with Gasteiger partial charge in [-0.3, -0.25) is 20.8 Å². The summed E-state index contributed by atoms with van der Waals surface area (Å²) in [4.78, 5) is 13.9. The molecule has 0 saturated carbocycles.